The molecule has 0 aromatic heterocycles. The third-order valence-corrected chi connectivity index (χ3v) is 3.62. The smallest absolute Gasteiger partial charge is 0.334 e. The molecule has 0 radical (unpaired) electrons. The molecule has 1 saturated carbocycles. The number of carbonyl (C=O) groups excluding carboxylic acids is 4. The van der Waals surface area contributed by atoms with Crippen LogP contribution in [0.3, 0.4) is 0 Å². The van der Waals surface area contributed by atoms with Crippen LogP contribution in [-0.4, -0.2) is 52.2 Å². The zero-order chi connectivity index (χ0) is 15.0. The molecule has 110 valence electrons. The van der Waals surface area contributed by atoms with Crippen molar-refractivity contribution in [1.29, 1.82) is 0 Å². The van der Waals surface area contributed by atoms with Gasteiger partial charge in [0.25, 0.3) is 0 Å². The molecule has 2 fully saturated rings. The summed E-state index contributed by atoms with van der Waals surface area (Å²) in [6.07, 6.45) is 2.17. The molecule has 1 atom stereocenters. The molecule has 0 bridgehead atoms. The van der Waals surface area contributed by atoms with Crippen LogP contribution in [0.4, 0.5) is 4.79 Å². The van der Waals surface area contributed by atoms with Gasteiger partial charge in [-0.1, -0.05) is 0 Å². The van der Waals surface area contributed by atoms with E-state index < -0.39 is 36.3 Å². The van der Waals surface area contributed by atoms with Crippen LogP contribution in [0, 0.1) is 5.92 Å². The van der Waals surface area contributed by atoms with Gasteiger partial charge >= 0.3 is 17.8 Å². The summed E-state index contributed by atoms with van der Waals surface area (Å²) in [6, 6.07) is -1.09. The molecular formula is C13H19N3O4. The highest BCUT2D eigenvalue weighted by Crippen LogP contribution is 2.32. The summed E-state index contributed by atoms with van der Waals surface area (Å²) in [5.41, 5.74) is 0. The van der Waals surface area contributed by atoms with Crippen LogP contribution in [0.1, 0.15) is 33.6 Å². The number of urea groups is 1. The van der Waals surface area contributed by atoms with E-state index in [0.717, 1.165) is 17.7 Å². The van der Waals surface area contributed by atoms with Crippen molar-refractivity contribution in [2.24, 2.45) is 5.92 Å². The fourth-order valence-electron chi connectivity index (χ4n) is 2.27. The van der Waals surface area contributed by atoms with Gasteiger partial charge in [-0.3, -0.25) is 19.3 Å². The van der Waals surface area contributed by atoms with Gasteiger partial charge in [-0.15, -0.1) is 0 Å². The van der Waals surface area contributed by atoms with Crippen LogP contribution in [-0.2, 0) is 14.4 Å². The molecule has 5 amide bonds. The average Bonchev–Trinajstić information content (AvgIpc) is 3.15. The molecule has 1 saturated heterocycles. The maximum atomic E-state index is 12.0. The largest absolute Gasteiger partial charge is 0.352 e. The van der Waals surface area contributed by atoms with Crippen molar-refractivity contribution < 1.29 is 19.2 Å². The van der Waals surface area contributed by atoms with Gasteiger partial charge in [-0.25, -0.2) is 9.69 Å². The van der Waals surface area contributed by atoms with E-state index in [1.54, 1.807) is 13.8 Å². The molecule has 0 aromatic carbocycles. The van der Waals surface area contributed by atoms with E-state index in [1.807, 2.05) is 6.92 Å². The highest BCUT2D eigenvalue weighted by Gasteiger charge is 2.46. The Hall–Kier alpha value is -1.92. The average molecular weight is 281 g/mol. The number of hydrogen-bond acceptors (Lipinski definition) is 4. The highest BCUT2D eigenvalue weighted by molar-refractivity contribution is 6.45. The number of nitrogens with zero attached hydrogens (tertiary/aromatic N) is 2. The van der Waals surface area contributed by atoms with E-state index in [2.05, 4.69) is 5.32 Å². The fraction of sp³-hybridized carbons (Fsp3) is 0.692. The molecular weight excluding hydrogens is 262 g/mol. The van der Waals surface area contributed by atoms with Crippen molar-refractivity contribution in [2.75, 3.05) is 6.54 Å². The van der Waals surface area contributed by atoms with E-state index in [0.29, 0.717) is 10.8 Å². The van der Waals surface area contributed by atoms with Gasteiger partial charge in [0.05, 0.1) is 0 Å². The Morgan fingerprint density at radius 1 is 1.20 bits per heavy atom. The number of imide groups is 2. The lowest BCUT2D eigenvalue weighted by Gasteiger charge is -2.19. The standard InChI is InChI=1S/C13H19N3O4/c1-7(2)16-12(19)11(18)15(13(16)20)6-10(17)14-8(3)9-4-5-9/h7-9H,4-6H2,1-3H3,(H,14,17)/t8-/m1/s1. The topological polar surface area (TPSA) is 86.8 Å². The first-order valence-corrected chi connectivity index (χ1v) is 6.81. The lowest BCUT2D eigenvalue weighted by Crippen LogP contribution is -2.45. The third kappa shape index (κ3) is 2.66. The summed E-state index contributed by atoms with van der Waals surface area (Å²) in [5.74, 6) is -1.73. The van der Waals surface area contributed by atoms with E-state index >= 15 is 0 Å². The van der Waals surface area contributed by atoms with Crippen molar-refractivity contribution in [3.8, 4) is 0 Å². The Morgan fingerprint density at radius 3 is 2.25 bits per heavy atom. The maximum absolute atomic E-state index is 12.0. The van der Waals surface area contributed by atoms with Gasteiger partial charge in [-0.2, -0.15) is 0 Å². The van der Waals surface area contributed by atoms with Crippen LogP contribution in [0.25, 0.3) is 0 Å². The van der Waals surface area contributed by atoms with Gasteiger partial charge in [0, 0.05) is 12.1 Å². The summed E-state index contributed by atoms with van der Waals surface area (Å²) >= 11 is 0. The Kier molecular flexibility index (Phi) is 3.78. The van der Waals surface area contributed by atoms with Crippen LogP contribution < -0.4 is 5.32 Å². The molecule has 0 unspecified atom stereocenters. The van der Waals surface area contributed by atoms with Crippen molar-refractivity contribution in [3.05, 3.63) is 0 Å². The Morgan fingerprint density at radius 2 is 1.80 bits per heavy atom. The van der Waals surface area contributed by atoms with E-state index in [9.17, 15) is 19.2 Å². The van der Waals surface area contributed by atoms with Crippen LogP contribution in [0.5, 0.6) is 0 Å². The summed E-state index contributed by atoms with van der Waals surface area (Å²) in [6.45, 7) is 4.78. The number of amides is 5. The first kappa shape index (κ1) is 14.5. The Bertz CT molecular complexity index is 470. The molecule has 1 heterocycles. The number of nitrogens with one attached hydrogen (secondary N) is 1. The number of hydrogen-bond donors (Lipinski definition) is 1. The minimum Gasteiger partial charge on any atom is -0.352 e. The molecule has 2 rings (SSSR count). The number of rotatable bonds is 5. The van der Waals surface area contributed by atoms with Crippen molar-refractivity contribution in [2.45, 2.75) is 45.7 Å². The summed E-state index contributed by atoms with van der Waals surface area (Å²) in [5, 5.41) is 2.75. The molecule has 20 heavy (non-hydrogen) atoms. The summed E-state index contributed by atoms with van der Waals surface area (Å²) in [4.78, 5) is 48.8. The lowest BCUT2D eigenvalue weighted by molar-refractivity contribution is -0.144. The molecule has 0 aromatic rings. The predicted octanol–water partition coefficient (Wildman–Crippen LogP) is 0.100. The molecule has 7 nitrogen and oxygen atoms in total. The zero-order valence-electron chi connectivity index (χ0n) is 11.9. The lowest BCUT2D eigenvalue weighted by atomic mass is 10.2. The minimum absolute atomic E-state index is 0.0345. The van der Waals surface area contributed by atoms with Crippen LogP contribution in [0.2, 0.25) is 0 Å². The van der Waals surface area contributed by atoms with Gasteiger partial charge in [0.15, 0.2) is 0 Å². The minimum atomic E-state index is -0.932. The number of carbonyl (C=O) groups is 4. The first-order chi connectivity index (χ1) is 9.32. The van der Waals surface area contributed by atoms with Gasteiger partial charge in [0.2, 0.25) is 5.91 Å². The molecule has 1 N–H and O–H groups in total. The maximum Gasteiger partial charge on any atom is 0.334 e. The van der Waals surface area contributed by atoms with Crippen molar-refractivity contribution >= 4 is 23.8 Å². The van der Waals surface area contributed by atoms with Gasteiger partial charge < -0.3 is 5.32 Å². The molecule has 0 spiro atoms. The van der Waals surface area contributed by atoms with Crippen molar-refractivity contribution in [1.82, 2.24) is 15.1 Å². The van der Waals surface area contributed by atoms with Crippen LogP contribution in [0.15, 0.2) is 0 Å². The van der Waals surface area contributed by atoms with Crippen LogP contribution >= 0.6 is 0 Å². The Balaban J connectivity index is 1.98. The summed E-state index contributed by atoms with van der Waals surface area (Å²) in [7, 11) is 0. The molecule has 2 aliphatic rings. The molecule has 1 aliphatic carbocycles. The second-order valence-electron chi connectivity index (χ2n) is 5.64. The SMILES string of the molecule is CC(C)N1C(=O)C(=O)N(CC(=O)N[C@H](C)C2CC2)C1=O. The fourth-order valence-corrected chi connectivity index (χ4v) is 2.27. The van der Waals surface area contributed by atoms with E-state index in [1.165, 1.54) is 0 Å². The normalized spacial score (nSPS) is 20.9. The third-order valence-electron chi connectivity index (χ3n) is 3.62. The second-order valence-corrected chi connectivity index (χ2v) is 5.64. The first-order valence-electron chi connectivity index (χ1n) is 6.81. The van der Waals surface area contributed by atoms with E-state index in [-0.39, 0.29) is 6.04 Å². The van der Waals surface area contributed by atoms with E-state index in [4.69, 9.17) is 0 Å². The highest BCUT2D eigenvalue weighted by atomic mass is 16.2. The zero-order valence-corrected chi connectivity index (χ0v) is 11.9. The van der Waals surface area contributed by atoms with Crippen molar-refractivity contribution in [3.63, 3.8) is 0 Å². The quantitative estimate of drug-likeness (QED) is 0.572. The van der Waals surface area contributed by atoms with Gasteiger partial charge in [-0.05, 0) is 39.5 Å². The molecule has 1 aliphatic heterocycles. The monoisotopic (exact) mass is 281 g/mol. The Labute approximate surface area is 117 Å². The second kappa shape index (κ2) is 5.22. The van der Waals surface area contributed by atoms with Gasteiger partial charge in [0.1, 0.15) is 6.54 Å². The predicted molar refractivity (Wildman–Crippen MR) is 69.4 cm³/mol. The summed E-state index contributed by atoms with van der Waals surface area (Å²) < 4.78 is 0. The molecule has 7 heteroatoms.